The lowest BCUT2D eigenvalue weighted by Gasteiger charge is -2.07. The largest absolute Gasteiger partial charge is 0.351 e. The zero-order chi connectivity index (χ0) is 19.3. The first kappa shape index (κ1) is 18.3. The number of carbonyl (C=O) groups is 2. The van der Waals surface area contributed by atoms with Gasteiger partial charge in [-0.15, -0.1) is 11.3 Å². The molecule has 2 aromatic heterocycles. The number of fused-ring (bicyclic) bond motifs is 1. The van der Waals surface area contributed by atoms with E-state index in [1.54, 1.807) is 22.8 Å². The fourth-order valence-corrected chi connectivity index (χ4v) is 4.31. The van der Waals surface area contributed by atoms with Crippen LogP contribution in [0, 0.1) is 0 Å². The van der Waals surface area contributed by atoms with Gasteiger partial charge in [-0.1, -0.05) is 12.1 Å². The Hall–Kier alpha value is -3.03. The molecule has 0 saturated heterocycles. The molecule has 0 aliphatic carbocycles. The lowest BCUT2D eigenvalue weighted by Crippen LogP contribution is -2.27. The molecule has 0 unspecified atom stereocenters. The molecule has 0 atom stereocenters. The standard InChI is InChI=1S/C21H17N3O2S2/c25-19(9-11-22-20(26)15-10-12-27-13-15)23-16-7-5-14(6-8-16)21-24-17-3-1-2-4-18(17)28-21/h1-8,10,12-13H,9,11H2,(H,22,26)(H,23,25). The lowest BCUT2D eigenvalue weighted by molar-refractivity contribution is -0.116. The minimum Gasteiger partial charge on any atom is -0.351 e. The van der Waals surface area contributed by atoms with Crippen LogP contribution in [-0.4, -0.2) is 23.3 Å². The van der Waals surface area contributed by atoms with E-state index < -0.39 is 0 Å². The molecule has 4 rings (SSSR count). The van der Waals surface area contributed by atoms with Gasteiger partial charge in [-0.25, -0.2) is 4.98 Å². The average Bonchev–Trinajstić information content (AvgIpc) is 3.38. The summed E-state index contributed by atoms with van der Waals surface area (Å²) in [4.78, 5) is 28.6. The van der Waals surface area contributed by atoms with Crippen LogP contribution in [0.2, 0.25) is 0 Å². The number of benzene rings is 2. The van der Waals surface area contributed by atoms with Crippen LogP contribution < -0.4 is 10.6 Å². The van der Waals surface area contributed by atoms with Crippen LogP contribution in [0.3, 0.4) is 0 Å². The van der Waals surface area contributed by atoms with Gasteiger partial charge in [0.1, 0.15) is 5.01 Å². The van der Waals surface area contributed by atoms with E-state index in [-0.39, 0.29) is 18.2 Å². The molecule has 0 radical (unpaired) electrons. The first-order chi connectivity index (χ1) is 13.7. The molecule has 2 amide bonds. The Bertz CT molecular complexity index is 1070. The van der Waals surface area contributed by atoms with Gasteiger partial charge in [0, 0.05) is 35.2 Å². The molecule has 5 nitrogen and oxygen atoms in total. The van der Waals surface area contributed by atoms with Crippen molar-refractivity contribution in [3.05, 3.63) is 70.9 Å². The van der Waals surface area contributed by atoms with Gasteiger partial charge in [-0.3, -0.25) is 9.59 Å². The third-order valence-electron chi connectivity index (χ3n) is 4.13. The predicted molar refractivity (Wildman–Crippen MR) is 115 cm³/mol. The number of hydrogen-bond acceptors (Lipinski definition) is 5. The number of amides is 2. The van der Waals surface area contributed by atoms with Gasteiger partial charge in [-0.05, 0) is 47.8 Å². The molecular weight excluding hydrogens is 390 g/mol. The van der Waals surface area contributed by atoms with Crippen molar-refractivity contribution in [1.29, 1.82) is 0 Å². The topological polar surface area (TPSA) is 71.1 Å². The Labute approximate surface area is 170 Å². The van der Waals surface area contributed by atoms with Crippen molar-refractivity contribution in [2.45, 2.75) is 6.42 Å². The highest BCUT2D eigenvalue weighted by atomic mass is 32.1. The molecule has 2 N–H and O–H groups in total. The second kappa shape index (κ2) is 8.33. The van der Waals surface area contributed by atoms with Crippen molar-refractivity contribution in [3.63, 3.8) is 0 Å². The van der Waals surface area contributed by atoms with Crippen molar-refractivity contribution in [2.24, 2.45) is 0 Å². The SMILES string of the molecule is O=C(CCNC(=O)c1ccsc1)Nc1ccc(-c2nc3ccccc3s2)cc1. The third kappa shape index (κ3) is 4.27. The number of nitrogens with zero attached hydrogens (tertiary/aromatic N) is 1. The smallest absolute Gasteiger partial charge is 0.252 e. The molecule has 28 heavy (non-hydrogen) atoms. The van der Waals surface area contributed by atoms with Crippen LogP contribution in [0.5, 0.6) is 0 Å². The van der Waals surface area contributed by atoms with Crippen LogP contribution in [0.25, 0.3) is 20.8 Å². The second-order valence-corrected chi connectivity index (χ2v) is 7.94. The summed E-state index contributed by atoms with van der Waals surface area (Å²) in [5.41, 5.74) is 3.35. The highest BCUT2D eigenvalue weighted by Gasteiger charge is 2.09. The fourth-order valence-electron chi connectivity index (χ4n) is 2.70. The predicted octanol–water partition coefficient (Wildman–Crippen LogP) is 4.78. The average molecular weight is 408 g/mol. The first-order valence-electron chi connectivity index (χ1n) is 8.75. The summed E-state index contributed by atoms with van der Waals surface area (Å²) >= 11 is 3.11. The molecule has 4 aromatic rings. The number of aromatic nitrogens is 1. The van der Waals surface area contributed by atoms with Crippen molar-refractivity contribution in [1.82, 2.24) is 10.3 Å². The van der Waals surface area contributed by atoms with Crippen LogP contribution in [0.1, 0.15) is 16.8 Å². The van der Waals surface area contributed by atoms with Crippen molar-refractivity contribution in [2.75, 3.05) is 11.9 Å². The Morgan fingerprint density at radius 3 is 2.57 bits per heavy atom. The maximum absolute atomic E-state index is 12.1. The molecule has 0 fully saturated rings. The Kier molecular flexibility index (Phi) is 5.45. The molecule has 7 heteroatoms. The van der Waals surface area contributed by atoms with Gasteiger partial charge in [0.2, 0.25) is 5.91 Å². The van der Waals surface area contributed by atoms with E-state index >= 15 is 0 Å². The molecule has 0 aliphatic heterocycles. The summed E-state index contributed by atoms with van der Waals surface area (Å²) in [6.45, 7) is 0.296. The number of hydrogen-bond donors (Lipinski definition) is 2. The van der Waals surface area contributed by atoms with Gasteiger partial charge < -0.3 is 10.6 Å². The van der Waals surface area contributed by atoms with E-state index in [0.717, 1.165) is 26.5 Å². The van der Waals surface area contributed by atoms with Crippen molar-refractivity contribution in [3.8, 4) is 10.6 Å². The summed E-state index contributed by atoms with van der Waals surface area (Å²) < 4.78 is 1.15. The summed E-state index contributed by atoms with van der Waals surface area (Å²) in [5.74, 6) is -0.299. The van der Waals surface area contributed by atoms with E-state index in [4.69, 9.17) is 0 Å². The molecular formula is C21H17N3O2S2. The Morgan fingerprint density at radius 2 is 1.82 bits per heavy atom. The van der Waals surface area contributed by atoms with Gasteiger partial charge in [0.05, 0.1) is 10.2 Å². The number of thiazole rings is 1. The van der Waals surface area contributed by atoms with E-state index in [2.05, 4.69) is 21.7 Å². The van der Waals surface area contributed by atoms with Crippen molar-refractivity contribution < 1.29 is 9.59 Å². The van der Waals surface area contributed by atoms with E-state index in [9.17, 15) is 9.59 Å². The van der Waals surface area contributed by atoms with Gasteiger partial charge in [0.15, 0.2) is 0 Å². The molecule has 0 spiro atoms. The Morgan fingerprint density at radius 1 is 1.00 bits per heavy atom. The minimum absolute atomic E-state index is 0.140. The van der Waals surface area contributed by atoms with Crippen molar-refractivity contribution >= 4 is 50.4 Å². The molecule has 2 aromatic carbocycles. The summed E-state index contributed by atoms with van der Waals surface area (Å²) in [6.07, 6.45) is 0.218. The second-order valence-electron chi connectivity index (χ2n) is 6.13. The monoisotopic (exact) mass is 407 g/mol. The molecule has 2 heterocycles. The van der Waals surface area contributed by atoms with Crippen LogP contribution in [0.4, 0.5) is 5.69 Å². The van der Waals surface area contributed by atoms with Crippen LogP contribution in [0.15, 0.2) is 65.4 Å². The van der Waals surface area contributed by atoms with Gasteiger partial charge in [-0.2, -0.15) is 11.3 Å². The van der Waals surface area contributed by atoms with Gasteiger partial charge >= 0.3 is 0 Å². The van der Waals surface area contributed by atoms with E-state index in [1.165, 1.54) is 11.3 Å². The normalized spacial score (nSPS) is 10.7. The molecule has 140 valence electrons. The highest BCUT2D eigenvalue weighted by Crippen LogP contribution is 2.30. The summed E-state index contributed by atoms with van der Waals surface area (Å²) in [6, 6.07) is 17.4. The third-order valence-corrected chi connectivity index (χ3v) is 5.90. The van der Waals surface area contributed by atoms with Crippen LogP contribution >= 0.6 is 22.7 Å². The molecule has 0 saturated carbocycles. The zero-order valence-electron chi connectivity index (χ0n) is 14.8. The number of nitrogens with one attached hydrogen (secondary N) is 2. The number of carbonyl (C=O) groups excluding carboxylic acids is 2. The number of rotatable bonds is 6. The highest BCUT2D eigenvalue weighted by molar-refractivity contribution is 7.21. The molecule has 0 aliphatic rings. The maximum atomic E-state index is 12.1. The summed E-state index contributed by atoms with van der Waals surface area (Å²) in [5, 5.41) is 10.2. The minimum atomic E-state index is -0.158. The van der Waals surface area contributed by atoms with Gasteiger partial charge in [0.25, 0.3) is 5.91 Å². The lowest BCUT2D eigenvalue weighted by atomic mass is 10.2. The Balaban J connectivity index is 1.31. The zero-order valence-corrected chi connectivity index (χ0v) is 16.5. The number of thiophene rings is 1. The first-order valence-corrected chi connectivity index (χ1v) is 10.5. The molecule has 0 bridgehead atoms. The maximum Gasteiger partial charge on any atom is 0.252 e. The van der Waals surface area contributed by atoms with Crippen LogP contribution in [-0.2, 0) is 4.79 Å². The quantitative estimate of drug-likeness (QED) is 0.483. The number of anilines is 1. The van der Waals surface area contributed by atoms with E-state index in [1.807, 2.05) is 47.8 Å². The number of para-hydroxylation sites is 1. The fraction of sp³-hybridized carbons (Fsp3) is 0.0952. The summed E-state index contributed by atoms with van der Waals surface area (Å²) in [7, 11) is 0. The van der Waals surface area contributed by atoms with E-state index in [0.29, 0.717) is 12.1 Å².